The molecule has 2 unspecified atom stereocenters. The summed E-state index contributed by atoms with van der Waals surface area (Å²) in [4.78, 5) is 24.6. The zero-order valence-corrected chi connectivity index (χ0v) is 51.7. The first-order chi connectivity index (χ1) is 38.0. The summed E-state index contributed by atoms with van der Waals surface area (Å²) < 4.78 is 5.47. The van der Waals surface area contributed by atoms with Gasteiger partial charge in [-0.1, -0.05) is 319 Å². The van der Waals surface area contributed by atoms with Crippen LogP contribution in [0.3, 0.4) is 0 Å². The first-order valence-electron chi connectivity index (χ1n) is 34.4. The summed E-state index contributed by atoms with van der Waals surface area (Å²) in [5.41, 5.74) is 0. The number of hydrogen-bond donors (Lipinski definition) is 3. The lowest BCUT2D eigenvalue weighted by Crippen LogP contribution is -2.45. The highest BCUT2D eigenvalue weighted by Gasteiger charge is 2.20. The van der Waals surface area contributed by atoms with E-state index in [9.17, 15) is 19.8 Å². The van der Waals surface area contributed by atoms with Crippen molar-refractivity contribution in [1.29, 1.82) is 0 Å². The number of esters is 1. The van der Waals surface area contributed by atoms with Crippen molar-refractivity contribution in [2.45, 2.75) is 379 Å². The number of nitrogens with one attached hydrogen (secondary N) is 1. The van der Waals surface area contributed by atoms with Crippen molar-refractivity contribution in [3.63, 3.8) is 0 Å². The zero-order valence-electron chi connectivity index (χ0n) is 51.7. The van der Waals surface area contributed by atoms with Crippen LogP contribution in [-0.4, -0.2) is 47.4 Å². The van der Waals surface area contributed by atoms with E-state index in [4.69, 9.17) is 4.74 Å². The third-order valence-electron chi connectivity index (χ3n) is 15.9. The lowest BCUT2D eigenvalue weighted by molar-refractivity contribution is -0.143. The first-order valence-corrected chi connectivity index (χ1v) is 34.4. The predicted molar refractivity (Wildman–Crippen MR) is 338 cm³/mol. The smallest absolute Gasteiger partial charge is 0.305 e. The van der Waals surface area contributed by atoms with Gasteiger partial charge in [0.2, 0.25) is 5.91 Å². The van der Waals surface area contributed by atoms with Gasteiger partial charge in [0.25, 0.3) is 0 Å². The molecular formula is C71H133NO5. The molecule has 0 saturated carbocycles. The quantitative estimate of drug-likeness (QED) is 0.0320. The third-order valence-corrected chi connectivity index (χ3v) is 15.9. The van der Waals surface area contributed by atoms with Crippen molar-refractivity contribution in [3.8, 4) is 0 Å². The van der Waals surface area contributed by atoms with Crippen LogP contribution in [0.1, 0.15) is 367 Å². The fraction of sp³-hybridized carbons (Fsp3) is 0.859. The van der Waals surface area contributed by atoms with Crippen molar-refractivity contribution < 1.29 is 24.5 Å². The molecule has 0 rings (SSSR count). The first kappa shape index (κ1) is 74.8. The molecule has 0 spiro atoms. The minimum atomic E-state index is -0.666. The van der Waals surface area contributed by atoms with E-state index < -0.39 is 12.1 Å². The summed E-state index contributed by atoms with van der Waals surface area (Å²) in [7, 11) is 0. The largest absolute Gasteiger partial charge is 0.466 e. The summed E-state index contributed by atoms with van der Waals surface area (Å²) in [5, 5.41) is 23.4. The number of amides is 1. The Morgan fingerprint density at radius 2 is 0.662 bits per heavy atom. The van der Waals surface area contributed by atoms with E-state index in [0.717, 1.165) is 57.8 Å². The lowest BCUT2D eigenvalue weighted by Gasteiger charge is -2.22. The monoisotopic (exact) mass is 1080 g/mol. The molecule has 0 aliphatic rings. The molecule has 452 valence electrons. The Labute approximate surface area is 480 Å². The van der Waals surface area contributed by atoms with E-state index in [2.05, 4.69) is 67.8 Å². The lowest BCUT2D eigenvalue weighted by atomic mass is 10.0. The highest BCUT2D eigenvalue weighted by Crippen LogP contribution is 2.18. The van der Waals surface area contributed by atoms with E-state index in [0.29, 0.717) is 25.9 Å². The maximum absolute atomic E-state index is 12.5. The molecule has 77 heavy (non-hydrogen) atoms. The Bertz CT molecular complexity index is 1290. The minimum absolute atomic E-state index is 0.00264. The number of carbonyl (C=O) groups is 2. The van der Waals surface area contributed by atoms with E-state index in [1.165, 1.54) is 276 Å². The number of ether oxygens (including phenoxy) is 1. The second-order valence-corrected chi connectivity index (χ2v) is 23.5. The molecule has 0 heterocycles. The highest BCUT2D eigenvalue weighted by molar-refractivity contribution is 5.76. The average Bonchev–Trinajstić information content (AvgIpc) is 3.43. The van der Waals surface area contributed by atoms with Crippen LogP contribution < -0.4 is 5.32 Å². The van der Waals surface area contributed by atoms with Crippen molar-refractivity contribution in [2.24, 2.45) is 0 Å². The molecule has 0 aromatic rings. The number of allylic oxidation sites excluding steroid dienone is 8. The van der Waals surface area contributed by atoms with Gasteiger partial charge in [-0.25, -0.2) is 0 Å². The van der Waals surface area contributed by atoms with E-state index >= 15 is 0 Å². The van der Waals surface area contributed by atoms with Gasteiger partial charge in [0.05, 0.1) is 25.4 Å². The molecule has 0 saturated heterocycles. The van der Waals surface area contributed by atoms with Crippen molar-refractivity contribution in [3.05, 3.63) is 48.6 Å². The van der Waals surface area contributed by atoms with Crippen LogP contribution in [0.15, 0.2) is 48.6 Å². The molecule has 6 nitrogen and oxygen atoms in total. The molecule has 0 aromatic heterocycles. The summed E-state index contributed by atoms with van der Waals surface area (Å²) in [6.07, 6.45) is 85.8. The molecule has 0 aliphatic carbocycles. The second kappa shape index (κ2) is 66.3. The molecule has 2 atom stereocenters. The van der Waals surface area contributed by atoms with Crippen LogP contribution in [0.4, 0.5) is 0 Å². The number of hydrogen-bond acceptors (Lipinski definition) is 5. The number of rotatable bonds is 64. The van der Waals surface area contributed by atoms with Gasteiger partial charge in [0.15, 0.2) is 0 Å². The maximum atomic E-state index is 12.5. The second-order valence-electron chi connectivity index (χ2n) is 23.5. The topological polar surface area (TPSA) is 95.9 Å². The minimum Gasteiger partial charge on any atom is -0.466 e. The van der Waals surface area contributed by atoms with Crippen LogP contribution in [0.2, 0.25) is 0 Å². The molecule has 3 N–H and O–H groups in total. The zero-order chi connectivity index (χ0) is 55.7. The van der Waals surface area contributed by atoms with Crippen LogP contribution in [0, 0.1) is 0 Å². The van der Waals surface area contributed by atoms with Gasteiger partial charge in [-0.15, -0.1) is 0 Å². The molecule has 1 amide bonds. The summed E-state index contributed by atoms with van der Waals surface area (Å²) in [6.45, 7) is 4.93. The number of carbonyl (C=O) groups excluding carboxylic acids is 2. The molecule has 0 aliphatic heterocycles. The van der Waals surface area contributed by atoms with Gasteiger partial charge in [-0.3, -0.25) is 9.59 Å². The summed E-state index contributed by atoms with van der Waals surface area (Å²) in [5.74, 6) is -0.0362. The van der Waals surface area contributed by atoms with Gasteiger partial charge >= 0.3 is 5.97 Å². The highest BCUT2D eigenvalue weighted by atomic mass is 16.5. The Hall–Kier alpha value is -2.18. The average molecular weight is 1080 g/mol. The van der Waals surface area contributed by atoms with E-state index in [1.807, 2.05) is 0 Å². The standard InChI is InChI=1S/C71H133NO5/c1-3-5-7-9-11-13-15-17-19-33-36-39-43-47-51-55-59-63-69(74)68(67-73)72-70(75)64-60-56-52-48-44-40-37-34-31-29-27-25-23-21-20-22-24-26-28-30-32-35-38-42-46-50-54-58-62-66-77-71(76)65-61-57-53-49-45-41-18-16-14-12-10-8-6-4-2/h10,12,16,18,20,22,26,28,68-69,73-74H,3-9,11,13-15,17,19,21,23-25,27,29-67H2,1-2H3,(H,72,75)/b12-10-,18-16-,22-20-,28-26-. The van der Waals surface area contributed by atoms with Gasteiger partial charge in [0, 0.05) is 12.8 Å². The molecular weight excluding hydrogens is 947 g/mol. The molecule has 0 bridgehead atoms. The fourth-order valence-corrected chi connectivity index (χ4v) is 10.6. The van der Waals surface area contributed by atoms with Crippen LogP contribution >= 0.6 is 0 Å². The Morgan fingerprint density at radius 3 is 1.03 bits per heavy atom. The van der Waals surface area contributed by atoms with Crippen LogP contribution in [0.25, 0.3) is 0 Å². The van der Waals surface area contributed by atoms with Gasteiger partial charge in [-0.05, 0) is 83.5 Å². The molecule has 0 fully saturated rings. The fourth-order valence-electron chi connectivity index (χ4n) is 10.6. The van der Waals surface area contributed by atoms with Crippen molar-refractivity contribution in [2.75, 3.05) is 13.2 Å². The van der Waals surface area contributed by atoms with Crippen LogP contribution in [0.5, 0.6) is 0 Å². The number of aliphatic hydroxyl groups excluding tert-OH is 2. The third kappa shape index (κ3) is 62.9. The molecule has 0 aromatic carbocycles. The van der Waals surface area contributed by atoms with Crippen molar-refractivity contribution >= 4 is 11.9 Å². The van der Waals surface area contributed by atoms with Crippen LogP contribution in [-0.2, 0) is 14.3 Å². The van der Waals surface area contributed by atoms with E-state index in [-0.39, 0.29) is 18.5 Å². The number of aliphatic hydroxyl groups is 2. The predicted octanol–water partition coefficient (Wildman–Crippen LogP) is 22.1. The van der Waals surface area contributed by atoms with Crippen molar-refractivity contribution in [1.82, 2.24) is 5.32 Å². The Balaban J connectivity index is 3.41. The Kier molecular flexibility index (Phi) is 64.5. The van der Waals surface area contributed by atoms with Gasteiger partial charge in [-0.2, -0.15) is 0 Å². The summed E-state index contributed by atoms with van der Waals surface area (Å²) in [6, 6.07) is -0.543. The normalized spacial score (nSPS) is 12.8. The SMILES string of the molecule is CCCC/C=C\C/C=C\CCCCCCCC(=O)OCCCCCCCCCCC/C=C\C/C=C\CCCCCCCCCCCCCCCC(=O)NC(CO)C(O)CCCCCCCCCCCCCCCCCCC. The molecule has 0 radical (unpaired) electrons. The van der Waals surface area contributed by atoms with Gasteiger partial charge < -0.3 is 20.3 Å². The maximum Gasteiger partial charge on any atom is 0.305 e. The molecule has 6 heteroatoms. The summed E-state index contributed by atoms with van der Waals surface area (Å²) >= 11 is 0. The number of unbranched alkanes of at least 4 members (excludes halogenated alkanes) is 45. The van der Waals surface area contributed by atoms with Gasteiger partial charge in [0.1, 0.15) is 0 Å². The Morgan fingerprint density at radius 1 is 0.364 bits per heavy atom. The van der Waals surface area contributed by atoms with E-state index in [1.54, 1.807) is 0 Å².